The van der Waals surface area contributed by atoms with Crippen LogP contribution in [0.5, 0.6) is 0 Å². The fourth-order valence-corrected chi connectivity index (χ4v) is 1.41. The van der Waals surface area contributed by atoms with Crippen LogP contribution in [-0.2, 0) is 0 Å². The molecule has 1 heterocycles. The van der Waals surface area contributed by atoms with E-state index in [2.05, 4.69) is 16.8 Å². The number of carbonyl (C=O) groups excluding carboxylic acids is 1. The monoisotopic (exact) mass is 268 g/mol. The maximum Gasteiger partial charge on any atom is 0.275 e. The number of nitriles is 2. The Bertz CT molecular complexity index is 601. The van der Waals surface area contributed by atoms with Crippen LogP contribution >= 0.6 is 0 Å². The van der Waals surface area contributed by atoms with Gasteiger partial charge < -0.3 is 10.0 Å². The van der Waals surface area contributed by atoms with Crippen LogP contribution < -0.4 is 0 Å². The number of pyridine rings is 1. The molecule has 1 rings (SSSR count). The molecule has 1 amide bonds. The molecule has 0 radical (unpaired) electrons. The summed E-state index contributed by atoms with van der Waals surface area (Å²) in [6, 6.07) is 6.93. The molecule has 0 atom stereocenters. The van der Waals surface area contributed by atoms with E-state index in [1.165, 1.54) is 6.20 Å². The van der Waals surface area contributed by atoms with Crippen LogP contribution in [0.4, 0.5) is 0 Å². The standard InChI is InChI=1S/C14H12N4O2/c15-6-9-18(10-7-16)14(20)13-12(4-1-2-11-19)5-3-8-17-13/h3,5,8,19H,2,9-11H2. The molecule has 6 nitrogen and oxygen atoms in total. The van der Waals surface area contributed by atoms with Gasteiger partial charge in [-0.3, -0.25) is 4.79 Å². The SMILES string of the molecule is N#CCN(CC#N)C(=O)c1ncccc1C#CCCO. The second-order valence-corrected chi connectivity index (χ2v) is 3.65. The van der Waals surface area contributed by atoms with Crippen LogP contribution in [0.25, 0.3) is 0 Å². The zero-order valence-corrected chi connectivity index (χ0v) is 10.7. The summed E-state index contributed by atoms with van der Waals surface area (Å²) in [6.07, 6.45) is 1.74. The van der Waals surface area contributed by atoms with Crippen molar-refractivity contribution < 1.29 is 9.90 Å². The van der Waals surface area contributed by atoms with E-state index in [4.69, 9.17) is 15.6 Å². The summed E-state index contributed by atoms with van der Waals surface area (Å²) >= 11 is 0. The van der Waals surface area contributed by atoms with Gasteiger partial charge in [-0.25, -0.2) is 4.98 Å². The molecule has 1 N–H and O–H groups in total. The summed E-state index contributed by atoms with van der Waals surface area (Å²) < 4.78 is 0. The molecule has 20 heavy (non-hydrogen) atoms. The lowest BCUT2D eigenvalue weighted by Crippen LogP contribution is -2.33. The Kier molecular flexibility index (Phi) is 6.27. The predicted octanol–water partition coefficient (Wildman–Crippen LogP) is 0.305. The Hall–Kier alpha value is -2.88. The summed E-state index contributed by atoms with van der Waals surface area (Å²) in [5.41, 5.74) is 0.510. The molecule has 1 aromatic heterocycles. The molecule has 0 fully saturated rings. The Morgan fingerprint density at radius 3 is 2.65 bits per heavy atom. The summed E-state index contributed by atoms with van der Waals surface area (Å²) in [5, 5.41) is 26.0. The summed E-state index contributed by atoms with van der Waals surface area (Å²) in [4.78, 5) is 17.3. The molecule has 6 heteroatoms. The van der Waals surface area contributed by atoms with Gasteiger partial charge in [0.15, 0.2) is 0 Å². The van der Waals surface area contributed by atoms with E-state index >= 15 is 0 Å². The lowest BCUT2D eigenvalue weighted by molar-refractivity contribution is 0.0788. The van der Waals surface area contributed by atoms with Crippen LogP contribution in [0.15, 0.2) is 18.3 Å². The number of aliphatic hydroxyl groups excluding tert-OH is 1. The molecule has 0 aliphatic rings. The van der Waals surface area contributed by atoms with E-state index < -0.39 is 5.91 Å². The van der Waals surface area contributed by atoms with Crippen molar-refractivity contribution in [3.8, 4) is 24.0 Å². The normalized spacial score (nSPS) is 8.75. The van der Waals surface area contributed by atoms with Gasteiger partial charge in [-0.2, -0.15) is 10.5 Å². The molecule has 100 valence electrons. The molecule has 0 aromatic carbocycles. The fourth-order valence-electron chi connectivity index (χ4n) is 1.41. The zero-order valence-electron chi connectivity index (χ0n) is 10.7. The molecule has 0 aliphatic carbocycles. The lowest BCUT2D eigenvalue weighted by Gasteiger charge is -2.15. The van der Waals surface area contributed by atoms with Crippen molar-refractivity contribution >= 4 is 5.91 Å². The highest BCUT2D eigenvalue weighted by atomic mass is 16.2. The molecule has 0 aliphatic heterocycles. The average molecular weight is 268 g/mol. The minimum atomic E-state index is -0.512. The van der Waals surface area contributed by atoms with Crippen molar-refractivity contribution in [1.29, 1.82) is 10.5 Å². The molecule has 0 spiro atoms. The first-order valence-corrected chi connectivity index (χ1v) is 5.82. The van der Waals surface area contributed by atoms with Gasteiger partial charge >= 0.3 is 0 Å². The summed E-state index contributed by atoms with van der Waals surface area (Å²) in [7, 11) is 0. The largest absolute Gasteiger partial charge is 0.395 e. The number of carbonyl (C=O) groups is 1. The summed E-state index contributed by atoms with van der Waals surface area (Å²) in [6.45, 7) is -0.440. The van der Waals surface area contributed by atoms with Crippen molar-refractivity contribution in [2.45, 2.75) is 6.42 Å². The Morgan fingerprint density at radius 1 is 1.35 bits per heavy atom. The van der Waals surface area contributed by atoms with Crippen molar-refractivity contribution in [3.05, 3.63) is 29.6 Å². The third-order valence-electron chi connectivity index (χ3n) is 2.28. The number of aliphatic hydroxyl groups is 1. The summed E-state index contributed by atoms with van der Waals surface area (Å²) in [5.74, 6) is 4.95. The minimum absolute atomic E-state index is 0.0640. The van der Waals surface area contributed by atoms with Gasteiger partial charge in [0, 0.05) is 12.6 Å². The van der Waals surface area contributed by atoms with Gasteiger partial charge in [0.2, 0.25) is 0 Å². The van der Waals surface area contributed by atoms with Crippen molar-refractivity contribution in [3.63, 3.8) is 0 Å². The highest BCUT2D eigenvalue weighted by molar-refractivity contribution is 5.95. The van der Waals surface area contributed by atoms with E-state index in [0.717, 1.165) is 4.90 Å². The fraction of sp³-hybridized carbons (Fsp3) is 0.286. The van der Waals surface area contributed by atoms with Gasteiger partial charge in [-0.1, -0.05) is 11.8 Å². The number of nitrogens with zero attached hydrogens (tertiary/aromatic N) is 4. The molecule has 0 saturated carbocycles. The van der Waals surface area contributed by atoms with E-state index in [-0.39, 0.29) is 25.4 Å². The second kappa shape index (κ2) is 8.26. The lowest BCUT2D eigenvalue weighted by atomic mass is 10.1. The Balaban J connectivity index is 3.07. The molecular formula is C14H12N4O2. The number of rotatable bonds is 4. The first kappa shape index (κ1) is 15.2. The van der Waals surface area contributed by atoms with Crippen molar-refractivity contribution in [2.24, 2.45) is 0 Å². The molecule has 0 bridgehead atoms. The minimum Gasteiger partial charge on any atom is -0.395 e. The van der Waals surface area contributed by atoms with E-state index in [9.17, 15) is 4.79 Å². The second-order valence-electron chi connectivity index (χ2n) is 3.65. The first-order valence-electron chi connectivity index (χ1n) is 5.82. The van der Waals surface area contributed by atoms with Gasteiger partial charge in [-0.05, 0) is 12.1 Å². The van der Waals surface area contributed by atoms with Crippen LogP contribution in [0, 0.1) is 34.5 Å². The Morgan fingerprint density at radius 2 is 2.05 bits per heavy atom. The van der Waals surface area contributed by atoms with Gasteiger partial charge in [0.05, 0.1) is 24.3 Å². The maximum atomic E-state index is 12.2. The maximum absolute atomic E-state index is 12.2. The van der Waals surface area contributed by atoms with E-state index in [0.29, 0.717) is 12.0 Å². The van der Waals surface area contributed by atoms with Crippen LogP contribution in [-0.4, -0.2) is 40.6 Å². The highest BCUT2D eigenvalue weighted by Gasteiger charge is 2.19. The van der Waals surface area contributed by atoms with Crippen molar-refractivity contribution in [2.75, 3.05) is 19.7 Å². The number of amides is 1. The number of hydrogen-bond acceptors (Lipinski definition) is 5. The highest BCUT2D eigenvalue weighted by Crippen LogP contribution is 2.07. The topological polar surface area (TPSA) is 101 Å². The van der Waals surface area contributed by atoms with Gasteiger partial charge in [0.25, 0.3) is 5.91 Å². The van der Waals surface area contributed by atoms with Crippen LogP contribution in [0.2, 0.25) is 0 Å². The molecule has 0 unspecified atom stereocenters. The third-order valence-corrected chi connectivity index (χ3v) is 2.28. The quantitative estimate of drug-likeness (QED) is 0.625. The van der Waals surface area contributed by atoms with Crippen LogP contribution in [0.3, 0.4) is 0 Å². The molecule has 0 saturated heterocycles. The van der Waals surface area contributed by atoms with Crippen LogP contribution in [0.1, 0.15) is 22.5 Å². The predicted molar refractivity (Wildman–Crippen MR) is 69.9 cm³/mol. The first-order chi connectivity index (χ1) is 9.74. The third kappa shape index (κ3) is 4.10. The Labute approximate surface area is 116 Å². The number of hydrogen-bond donors (Lipinski definition) is 1. The number of aromatic nitrogens is 1. The van der Waals surface area contributed by atoms with Gasteiger partial charge in [0.1, 0.15) is 18.8 Å². The van der Waals surface area contributed by atoms with Crippen molar-refractivity contribution in [1.82, 2.24) is 9.88 Å². The van der Waals surface area contributed by atoms with Gasteiger partial charge in [-0.15, -0.1) is 0 Å². The van der Waals surface area contributed by atoms with E-state index in [1.807, 2.05) is 12.1 Å². The average Bonchev–Trinajstić information content (AvgIpc) is 2.47. The molecule has 1 aromatic rings. The smallest absolute Gasteiger partial charge is 0.275 e. The zero-order chi connectivity index (χ0) is 14.8. The molecular weight excluding hydrogens is 256 g/mol. The van der Waals surface area contributed by atoms with E-state index in [1.54, 1.807) is 12.1 Å².